The lowest BCUT2D eigenvalue weighted by Gasteiger charge is -2.06. The van der Waals surface area contributed by atoms with Crippen molar-refractivity contribution in [1.29, 1.82) is 0 Å². The second-order valence-electron chi connectivity index (χ2n) is 3.56. The normalized spacial score (nSPS) is 10.1. The van der Waals surface area contributed by atoms with Gasteiger partial charge in [0.05, 0.1) is 22.6 Å². The molecule has 0 spiro atoms. The van der Waals surface area contributed by atoms with Gasteiger partial charge in [0.25, 0.3) is 5.91 Å². The summed E-state index contributed by atoms with van der Waals surface area (Å²) in [4.78, 5) is 15.8. The molecule has 0 fully saturated rings. The first kappa shape index (κ1) is 12.7. The minimum Gasteiger partial charge on any atom is -0.398 e. The summed E-state index contributed by atoms with van der Waals surface area (Å²) in [5.41, 5.74) is 6.98. The van der Waals surface area contributed by atoms with Crippen molar-refractivity contribution in [2.24, 2.45) is 0 Å². The molecule has 18 heavy (non-hydrogen) atoms. The van der Waals surface area contributed by atoms with Crippen molar-refractivity contribution in [1.82, 2.24) is 4.98 Å². The molecule has 0 atom stereocenters. The van der Waals surface area contributed by atoms with Crippen LogP contribution < -0.4 is 11.1 Å². The lowest BCUT2D eigenvalue weighted by Crippen LogP contribution is -2.12. The molecule has 92 valence electrons. The third-order valence-corrected chi connectivity index (χ3v) is 2.80. The molecule has 0 aliphatic carbocycles. The highest BCUT2D eigenvalue weighted by Crippen LogP contribution is 2.20. The number of halogens is 2. The third-order valence-electron chi connectivity index (χ3n) is 2.25. The Morgan fingerprint density at radius 2 is 2.00 bits per heavy atom. The van der Waals surface area contributed by atoms with Gasteiger partial charge in [0.1, 0.15) is 5.15 Å². The Morgan fingerprint density at radius 3 is 2.61 bits per heavy atom. The van der Waals surface area contributed by atoms with E-state index >= 15 is 0 Å². The van der Waals surface area contributed by atoms with Gasteiger partial charge in [-0.2, -0.15) is 0 Å². The molecular formula is C12H9Cl2N3O. The fourth-order valence-electron chi connectivity index (χ4n) is 1.32. The van der Waals surface area contributed by atoms with Gasteiger partial charge in [-0.1, -0.05) is 23.2 Å². The second kappa shape index (κ2) is 5.25. The quantitative estimate of drug-likeness (QED) is 0.656. The largest absolute Gasteiger partial charge is 0.398 e. The van der Waals surface area contributed by atoms with Crippen LogP contribution in [0.5, 0.6) is 0 Å². The first-order chi connectivity index (χ1) is 8.56. The summed E-state index contributed by atoms with van der Waals surface area (Å²) < 4.78 is 0. The molecule has 1 amide bonds. The number of amides is 1. The molecule has 0 unspecified atom stereocenters. The highest BCUT2D eigenvalue weighted by Gasteiger charge is 2.08. The summed E-state index contributed by atoms with van der Waals surface area (Å²) in [6.45, 7) is 0. The number of hydrogen-bond donors (Lipinski definition) is 2. The monoisotopic (exact) mass is 281 g/mol. The zero-order valence-electron chi connectivity index (χ0n) is 9.15. The van der Waals surface area contributed by atoms with Crippen LogP contribution in [-0.2, 0) is 0 Å². The Kier molecular flexibility index (Phi) is 3.69. The highest BCUT2D eigenvalue weighted by molar-refractivity contribution is 6.33. The van der Waals surface area contributed by atoms with E-state index in [1.807, 2.05) is 0 Å². The molecule has 0 radical (unpaired) electrons. The van der Waals surface area contributed by atoms with Gasteiger partial charge in [0.15, 0.2) is 0 Å². The van der Waals surface area contributed by atoms with E-state index in [9.17, 15) is 4.79 Å². The van der Waals surface area contributed by atoms with Crippen LogP contribution in [0, 0.1) is 0 Å². The minimum absolute atomic E-state index is 0.291. The molecule has 0 saturated heterocycles. The number of nitrogens with zero attached hydrogens (tertiary/aromatic N) is 1. The van der Waals surface area contributed by atoms with E-state index in [1.54, 1.807) is 24.3 Å². The molecule has 2 aromatic rings. The molecule has 0 aliphatic rings. The van der Waals surface area contributed by atoms with Crippen LogP contribution in [0.3, 0.4) is 0 Å². The predicted octanol–water partition coefficient (Wildman–Crippen LogP) is 3.22. The lowest BCUT2D eigenvalue weighted by atomic mass is 10.2. The third kappa shape index (κ3) is 2.91. The fraction of sp³-hybridized carbons (Fsp3) is 0. The summed E-state index contributed by atoms with van der Waals surface area (Å²) in [5, 5.41) is 3.38. The van der Waals surface area contributed by atoms with Crippen molar-refractivity contribution in [3.8, 4) is 0 Å². The van der Waals surface area contributed by atoms with Gasteiger partial charge < -0.3 is 11.1 Å². The molecule has 1 aromatic carbocycles. The van der Waals surface area contributed by atoms with Crippen LogP contribution in [0.4, 0.5) is 11.4 Å². The molecule has 1 aromatic heterocycles. The molecule has 3 N–H and O–H groups in total. The average molecular weight is 282 g/mol. The maximum absolute atomic E-state index is 11.9. The molecule has 1 heterocycles. The van der Waals surface area contributed by atoms with Crippen molar-refractivity contribution < 1.29 is 4.79 Å². The average Bonchev–Trinajstić information content (AvgIpc) is 2.35. The minimum atomic E-state index is -0.291. The summed E-state index contributed by atoms with van der Waals surface area (Å²) in [5.74, 6) is -0.291. The molecule has 0 saturated carbocycles. The Morgan fingerprint density at radius 1 is 1.22 bits per heavy atom. The highest BCUT2D eigenvalue weighted by atomic mass is 35.5. The van der Waals surface area contributed by atoms with Gasteiger partial charge >= 0.3 is 0 Å². The van der Waals surface area contributed by atoms with Crippen LogP contribution in [0.25, 0.3) is 0 Å². The number of nitrogen functional groups attached to an aromatic ring is 1. The number of aromatic nitrogens is 1. The predicted molar refractivity (Wildman–Crippen MR) is 73.1 cm³/mol. The molecule has 0 bridgehead atoms. The van der Waals surface area contributed by atoms with Crippen LogP contribution >= 0.6 is 23.2 Å². The first-order valence-electron chi connectivity index (χ1n) is 5.04. The summed E-state index contributed by atoms with van der Waals surface area (Å²) in [7, 11) is 0. The van der Waals surface area contributed by atoms with Crippen molar-refractivity contribution in [2.45, 2.75) is 0 Å². The van der Waals surface area contributed by atoms with Crippen molar-refractivity contribution in [3.05, 3.63) is 52.3 Å². The van der Waals surface area contributed by atoms with Crippen molar-refractivity contribution in [2.75, 3.05) is 11.1 Å². The Bertz CT molecular complexity index is 584. The summed E-state index contributed by atoms with van der Waals surface area (Å²) >= 11 is 11.5. The van der Waals surface area contributed by atoms with E-state index in [4.69, 9.17) is 28.9 Å². The number of nitrogens with one attached hydrogen (secondary N) is 1. The van der Waals surface area contributed by atoms with E-state index in [2.05, 4.69) is 10.3 Å². The zero-order chi connectivity index (χ0) is 13.1. The Labute approximate surface area is 114 Å². The van der Waals surface area contributed by atoms with E-state index < -0.39 is 0 Å². The maximum atomic E-state index is 11.9. The van der Waals surface area contributed by atoms with E-state index in [-0.39, 0.29) is 5.91 Å². The number of benzene rings is 1. The maximum Gasteiger partial charge on any atom is 0.255 e. The van der Waals surface area contributed by atoms with Gasteiger partial charge in [-0.15, -0.1) is 0 Å². The SMILES string of the molecule is Nc1ccc(C(=O)Nc2ccc(Cl)nc2)cc1Cl. The molecule has 0 aliphatic heterocycles. The number of anilines is 2. The van der Waals surface area contributed by atoms with E-state index in [0.717, 1.165) is 0 Å². The van der Waals surface area contributed by atoms with Gasteiger partial charge in [0, 0.05) is 5.56 Å². The van der Waals surface area contributed by atoms with Crippen LogP contribution in [-0.4, -0.2) is 10.9 Å². The number of rotatable bonds is 2. The Balaban J connectivity index is 2.16. The summed E-state index contributed by atoms with van der Waals surface area (Å²) in [6.07, 6.45) is 1.47. The van der Waals surface area contributed by atoms with Crippen molar-refractivity contribution >= 4 is 40.5 Å². The van der Waals surface area contributed by atoms with Gasteiger partial charge in [-0.05, 0) is 30.3 Å². The number of carbonyl (C=O) groups is 1. The van der Waals surface area contributed by atoms with Crippen molar-refractivity contribution in [3.63, 3.8) is 0 Å². The molecule has 2 rings (SSSR count). The van der Waals surface area contributed by atoms with E-state index in [0.29, 0.717) is 27.1 Å². The van der Waals surface area contributed by atoms with E-state index in [1.165, 1.54) is 12.3 Å². The number of pyridine rings is 1. The van der Waals surface area contributed by atoms with Crippen LogP contribution in [0.2, 0.25) is 10.2 Å². The fourth-order valence-corrected chi connectivity index (χ4v) is 1.61. The first-order valence-corrected chi connectivity index (χ1v) is 5.80. The summed E-state index contributed by atoms with van der Waals surface area (Å²) in [6, 6.07) is 7.94. The Hall–Kier alpha value is -1.78. The van der Waals surface area contributed by atoms with Gasteiger partial charge in [-0.25, -0.2) is 4.98 Å². The number of hydrogen-bond acceptors (Lipinski definition) is 3. The van der Waals surface area contributed by atoms with Gasteiger partial charge in [-0.3, -0.25) is 4.79 Å². The second-order valence-corrected chi connectivity index (χ2v) is 4.35. The molecule has 6 heteroatoms. The number of carbonyl (C=O) groups excluding carboxylic acids is 1. The van der Waals surface area contributed by atoms with Crippen LogP contribution in [0.15, 0.2) is 36.5 Å². The zero-order valence-corrected chi connectivity index (χ0v) is 10.7. The smallest absolute Gasteiger partial charge is 0.255 e. The standard InChI is InChI=1S/C12H9Cl2N3O/c13-9-5-7(1-3-10(9)15)12(18)17-8-2-4-11(14)16-6-8/h1-6H,15H2,(H,17,18). The lowest BCUT2D eigenvalue weighted by molar-refractivity contribution is 0.102. The van der Waals surface area contributed by atoms with Crippen LogP contribution in [0.1, 0.15) is 10.4 Å². The van der Waals surface area contributed by atoms with Gasteiger partial charge in [0.2, 0.25) is 0 Å². The number of nitrogens with two attached hydrogens (primary N) is 1. The topological polar surface area (TPSA) is 68.0 Å². The molecule has 4 nitrogen and oxygen atoms in total. The molecular weight excluding hydrogens is 273 g/mol.